The van der Waals surface area contributed by atoms with Crippen LogP contribution in [0.25, 0.3) is 0 Å². The third kappa shape index (κ3) is 3.65. The zero-order chi connectivity index (χ0) is 12.3. The number of primary amides is 1. The van der Waals surface area contributed by atoms with Crippen molar-refractivity contribution in [3.63, 3.8) is 0 Å². The predicted octanol–water partition coefficient (Wildman–Crippen LogP) is 0.254. The van der Waals surface area contributed by atoms with E-state index in [4.69, 9.17) is 5.73 Å². The van der Waals surface area contributed by atoms with Crippen LogP contribution in [0.5, 0.6) is 5.75 Å². The SMILES string of the molecule is CS(=O)(=O)Nc1ccc(NC(N)=O)cc1O. The van der Waals surface area contributed by atoms with Crippen molar-refractivity contribution in [1.82, 2.24) is 0 Å². The summed E-state index contributed by atoms with van der Waals surface area (Å²) in [6.07, 6.45) is 0.960. The molecule has 0 aliphatic carbocycles. The van der Waals surface area contributed by atoms with Crippen molar-refractivity contribution in [2.24, 2.45) is 5.73 Å². The first-order valence-electron chi connectivity index (χ1n) is 4.15. The highest BCUT2D eigenvalue weighted by molar-refractivity contribution is 7.92. The normalized spacial score (nSPS) is 10.8. The average Bonchev–Trinajstić information content (AvgIpc) is 2.06. The molecule has 1 aromatic rings. The molecule has 0 unspecified atom stereocenters. The van der Waals surface area contributed by atoms with Crippen molar-refractivity contribution < 1.29 is 18.3 Å². The number of phenolic OH excluding ortho intramolecular Hbond substituents is 1. The fraction of sp³-hybridized carbons (Fsp3) is 0.125. The van der Waals surface area contributed by atoms with Crippen LogP contribution in [-0.4, -0.2) is 25.8 Å². The van der Waals surface area contributed by atoms with Gasteiger partial charge in [0.1, 0.15) is 5.75 Å². The minimum atomic E-state index is -3.46. The molecular weight excluding hydrogens is 234 g/mol. The summed E-state index contributed by atoms with van der Waals surface area (Å²) in [6.45, 7) is 0. The van der Waals surface area contributed by atoms with Crippen molar-refractivity contribution in [1.29, 1.82) is 0 Å². The van der Waals surface area contributed by atoms with Crippen LogP contribution in [0.2, 0.25) is 0 Å². The molecule has 0 heterocycles. The maximum absolute atomic E-state index is 10.9. The molecule has 0 atom stereocenters. The van der Waals surface area contributed by atoms with Crippen molar-refractivity contribution in [2.45, 2.75) is 0 Å². The van der Waals surface area contributed by atoms with Gasteiger partial charge in [0.15, 0.2) is 0 Å². The average molecular weight is 245 g/mol. The molecule has 8 heteroatoms. The lowest BCUT2D eigenvalue weighted by Crippen LogP contribution is -2.19. The summed E-state index contributed by atoms with van der Waals surface area (Å²) in [5.74, 6) is -0.309. The van der Waals surface area contributed by atoms with E-state index >= 15 is 0 Å². The molecule has 2 amide bonds. The van der Waals surface area contributed by atoms with Gasteiger partial charge >= 0.3 is 6.03 Å². The van der Waals surface area contributed by atoms with Gasteiger partial charge in [-0.3, -0.25) is 4.72 Å². The Kier molecular flexibility index (Phi) is 3.23. The van der Waals surface area contributed by atoms with Gasteiger partial charge in [-0.2, -0.15) is 0 Å². The molecule has 0 saturated carbocycles. The number of nitrogens with one attached hydrogen (secondary N) is 2. The van der Waals surface area contributed by atoms with Crippen molar-refractivity contribution in [2.75, 3.05) is 16.3 Å². The number of anilines is 2. The van der Waals surface area contributed by atoms with Gasteiger partial charge in [0.05, 0.1) is 11.9 Å². The van der Waals surface area contributed by atoms with Crippen LogP contribution in [0, 0.1) is 0 Å². The third-order valence-electron chi connectivity index (χ3n) is 1.56. The fourth-order valence-corrected chi connectivity index (χ4v) is 1.61. The number of benzene rings is 1. The number of aromatic hydroxyl groups is 1. The van der Waals surface area contributed by atoms with E-state index < -0.39 is 16.1 Å². The lowest BCUT2D eigenvalue weighted by molar-refractivity contribution is 0.259. The molecule has 1 aromatic carbocycles. The Balaban J connectivity index is 2.96. The maximum atomic E-state index is 10.9. The minimum Gasteiger partial charge on any atom is -0.506 e. The Morgan fingerprint density at radius 3 is 2.50 bits per heavy atom. The number of carbonyl (C=O) groups is 1. The Morgan fingerprint density at radius 2 is 2.06 bits per heavy atom. The Labute approximate surface area is 92.3 Å². The number of amides is 2. The molecule has 0 aliphatic heterocycles. The second kappa shape index (κ2) is 4.27. The Hall–Kier alpha value is -1.96. The zero-order valence-electron chi connectivity index (χ0n) is 8.39. The lowest BCUT2D eigenvalue weighted by atomic mass is 10.2. The number of carbonyl (C=O) groups excluding carboxylic acids is 1. The summed E-state index contributed by atoms with van der Waals surface area (Å²) in [7, 11) is -3.46. The molecule has 0 saturated heterocycles. The smallest absolute Gasteiger partial charge is 0.316 e. The first-order chi connectivity index (χ1) is 7.28. The molecule has 0 aliphatic rings. The van der Waals surface area contributed by atoms with Crippen molar-refractivity contribution >= 4 is 27.4 Å². The molecule has 0 aromatic heterocycles. The van der Waals surface area contributed by atoms with Gasteiger partial charge in [-0.05, 0) is 12.1 Å². The number of nitrogens with two attached hydrogens (primary N) is 1. The van der Waals surface area contributed by atoms with Gasteiger partial charge in [0, 0.05) is 11.8 Å². The van der Waals surface area contributed by atoms with Gasteiger partial charge in [-0.25, -0.2) is 13.2 Å². The maximum Gasteiger partial charge on any atom is 0.316 e. The molecule has 0 spiro atoms. The molecule has 7 nitrogen and oxygen atoms in total. The first kappa shape index (κ1) is 12.1. The number of urea groups is 1. The van der Waals surface area contributed by atoms with E-state index in [1.54, 1.807) is 0 Å². The van der Waals surface area contributed by atoms with Crippen molar-refractivity contribution in [3.05, 3.63) is 18.2 Å². The van der Waals surface area contributed by atoms with Crippen LogP contribution in [0.1, 0.15) is 0 Å². The quantitative estimate of drug-likeness (QED) is 0.570. The third-order valence-corrected chi connectivity index (χ3v) is 2.15. The highest BCUT2D eigenvalue weighted by Gasteiger charge is 2.07. The fourth-order valence-electron chi connectivity index (χ4n) is 1.04. The molecule has 0 fully saturated rings. The summed E-state index contributed by atoms with van der Waals surface area (Å²) in [4.78, 5) is 10.5. The van der Waals surface area contributed by atoms with Crippen molar-refractivity contribution in [3.8, 4) is 5.75 Å². The van der Waals surface area contributed by atoms with E-state index in [2.05, 4.69) is 10.0 Å². The first-order valence-corrected chi connectivity index (χ1v) is 6.04. The van der Waals surface area contributed by atoms with Crippen LogP contribution in [-0.2, 0) is 10.0 Å². The molecule has 0 bridgehead atoms. The molecular formula is C8H11N3O4S. The molecule has 16 heavy (non-hydrogen) atoms. The Morgan fingerprint density at radius 1 is 1.44 bits per heavy atom. The van der Waals surface area contributed by atoms with Gasteiger partial charge in [-0.15, -0.1) is 0 Å². The monoisotopic (exact) mass is 245 g/mol. The number of rotatable bonds is 3. The largest absolute Gasteiger partial charge is 0.506 e. The van der Waals surface area contributed by atoms with E-state index in [1.807, 2.05) is 0 Å². The van der Waals surface area contributed by atoms with Crippen LogP contribution in [0.3, 0.4) is 0 Å². The van der Waals surface area contributed by atoms with Gasteiger partial charge in [0.2, 0.25) is 10.0 Å². The number of hydrogen-bond acceptors (Lipinski definition) is 4. The van der Waals surface area contributed by atoms with Crippen LogP contribution < -0.4 is 15.8 Å². The number of sulfonamides is 1. The molecule has 0 radical (unpaired) electrons. The minimum absolute atomic E-state index is 0.0255. The zero-order valence-corrected chi connectivity index (χ0v) is 9.21. The predicted molar refractivity (Wildman–Crippen MR) is 59.8 cm³/mol. The van der Waals surface area contributed by atoms with Gasteiger partial charge < -0.3 is 16.2 Å². The van der Waals surface area contributed by atoms with Gasteiger partial charge in [-0.1, -0.05) is 0 Å². The summed E-state index contributed by atoms with van der Waals surface area (Å²) in [6, 6.07) is 3.11. The molecule has 88 valence electrons. The summed E-state index contributed by atoms with van der Waals surface area (Å²) in [5, 5.41) is 11.7. The standard InChI is InChI=1S/C8H11N3O4S/c1-16(14,15)11-6-3-2-5(4-7(6)12)10-8(9)13/h2-4,11-12H,1H3,(H3,9,10,13). The van der Waals surface area contributed by atoms with Crippen LogP contribution in [0.15, 0.2) is 18.2 Å². The highest BCUT2D eigenvalue weighted by Crippen LogP contribution is 2.27. The van der Waals surface area contributed by atoms with E-state index in [1.165, 1.54) is 18.2 Å². The van der Waals surface area contributed by atoms with Crippen LogP contribution in [0.4, 0.5) is 16.2 Å². The van der Waals surface area contributed by atoms with Crippen LogP contribution >= 0.6 is 0 Å². The topological polar surface area (TPSA) is 122 Å². The Bertz CT molecular complexity index is 512. The molecule has 5 N–H and O–H groups in total. The second-order valence-electron chi connectivity index (χ2n) is 3.10. The summed E-state index contributed by atoms with van der Waals surface area (Å²) >= 11 is 0. The second-order valence-corrected chi connectivity index (χ2v) is 4.84. The van der Waals surface area contributed by atoms with E-state index in [9.17, 15) is 18.3 Å². The van der Waals surface area contributed by atoms with E-state index in [0.717, 1.165) is 6.26 Å². The highest BCUT2D eigenvalue weighted by atomic mass is 32.2. The van der Waals surface area contributed by atoms with E-state index in [0.29, 0.717) is 0 Å². The summed E-state index contributed by atoms with van der Waals surface area (Å²) in [5.41, 5.74) is 5.16. The number of hydrogen-bond donors (Lipinski definition) is 4. The summed E-state index contributed by atoms with van der Waals surface area (Å²) < 4.78 is 23.9. The number of phenols is 1. The lowest BCUT2D eigenvalue weighted by Gasteiger charge is -2.08. The van der Waals surface area contributed by atoms with Gasteiger partial charge in [0.25, 0.3) is 0 Å². The molecule has 1 rings (SSSR count). The van der Waals surface area contributed by atoms with E-state index in [-0.39, 0.29) is 17.1 Å².